The Kier molecular flexibility index (Phi) is 27.2. The van der Waals surface area contributed by atoms with E-state index in [-0.39, 0.29) is 98.3 Å². The first-order chi connectivity index (χ1) is 34.6. The van der Waals surface area contributed by atoms with Crippen molar-refractivity contribution in [3.63, 3.8) is 0 Å². The van der Waals surface area contributed by atoms with E-state index in [9.17, 15) is 38.7 Å². The molecule has 2 aromatic carbocycles. The molecule has 0 bridgehead atoms. The van der Waals surface area contributed by atoms with E-state index >= 15 is 0 Å². The summed E-state index contributed by atoms with van der Waals surface area (Å²) in [5.41, 5.74) is 7.39. The zero-order chi connectivity index (χ0) is 52.7. The second-order valence-electron chi connectivity index (χ2n) is 16.2. The SMILES string of the molecule is CCOC(=O)CCCNC(=O)[C@@H](NC(=O)CNC(=O)/C=C/c1ccc(OC(=O)CCC(=O)NCCCOCCOCCOCCCNC(=O)c2ccc(CN3C(=N)/C(=C/N)N=C3O)cc2)c(OC)c1)C(C)C. The van der Waals surface area contributed by atoms with Crippen LogP contribution in [-0.4, -0.2) is 149 Å². The van der Waals surface area contributed by atoms with Crippen molar-refractivity contribution in [3.05, 3.63) is 77.1 Å². The number of carbonyl (C=O) groups excluding carboxylic acids is 7. The second kappa shape index (κ2) is 33.3. The van der Waals surface area contributed by atoms with Gasteiger partial charge in [0.25, 0.3) is 11.9 Å². The van der Waals surface area contributed by atoms with Gasteiger partial charge in [-0.1, -0.05) is 32.0 Å². The van der Waals surface area contributed by atoms with Crippen molar-refractivity contribution in [2.24, 2.45) is 16.6 Å². The lowest BCUT2D eigenvalue weighted by Crippen LogP contribution is -2.52. The van der Waals surface area contributed by atoms with Gasteiger partial charge >= 0.3 is 11.9 Å². The van der Waals surface area contributed by atoms with E-state index in [1.165, 1.54) is 30.2 Å². The van der Waals surface area contributed by atoms with Gasteiger partial charge < -0.3 is 65.8 Å². The highest BCUT2D eigenvalue weighted by Crippen LogP contribution is 2.29. The molecule has 0 saturated carbocycles. The van der Waals surface area contributed by atoms with Crippen molar-refractivity contribution in [1.29, 1.82) is 5.41 Å². The van der Waals surface area contributed by atoms with Crippen LogP contribution in [0.15, 0.2) is 65.4 Å². The Morgan fingerprint density at radius 1 is 0.778 bits per heavy atom. The first-order valence-electron chi connectivity index (χ1n) is 23.7. The van der Waals surface area contributed by atoms with Crippen LogP contribution in [0.4, 0.5) is 0 Å². The largest absolute Gasteiger partial charge is 0.493 e. The lowest BCUT2D eigenvalue weighted by Gasteiger charge is -2.21. The highest BCUT2D eigenvalue weighted by atomic mass is 16.6. The number of aliphatic imine (C=N–C) groups is 1. The van der Waals surface area contributed by atoms with Gasteiger partial charge in [0.05, 0.1) is 59.7 Å². The number of methoxy groups -OCH3 is 1. The standard InChI is InChI=1S/C49H69N9O14/c1-5-71-43(62)9-6-20-54-48(65)45(33(2)3)57-42(61)31-55-41(60)17-13-34-12-16-38(39(29-34)67-4)72-44(63)19-18-40(59)52-21-7-23-68-25-27-70-28-26-69-24-8-22-53-47(64)36-14-10-35(11-15-36)32-58-46(51)37(30-50)56-49(58)66/h10-17,29-30,33,45,51H,5-9,18-28,31-32,50H2,1-4H3,(H,52,59)(H,53,64)(H,54,65)(H,55,60)(H,56,66)(H,57,61)/b17-13+,37-30-,51-46?/t45-/m0/s1. The third kappa shape index (κ3) is 22.6. The molecule has 0 unspecified atom stereocenters. The first kappa shape index (κ1) is 58.9. The predicted octanol–water partition coefficient (Wildman–Crippen LogP) is 1.99. The fourth-order valence-electron chi connectivity index (χ4n) is 6.39. The van der Waals surface area contributed by atoms with E-state index in [0.717, 1.165) is 11.8 Å². The molecule has 5 amide bonds. The van der Waals surface area contributed by atoms with Crippen LogP contribution < -0.4 is 41.8 Å². The molecule has 3 rings (SSSR count). The Labute approximate surface area is 419 Å². The number of nitrogens with two attached hydrogens (primary N) is 1. The summed E-state index contributed by atoms with van der Waals surface area (Å²) in [5, 5.41) is 31.4. The zero-order valence-corrected chi connectivity index (χ0v) is 41.4. The number of aliphatic hydroxyl groups is 1. The second-order valence-corrected chi connectivity index (χ2v) is 16.2. The number of aliphatic hydroxyl groups excluding tert-OH is 1. The van der Waals surface area contributed by atoms with Crippen LogP contribution >= 0.6 is 0 Å². The molecular weight excluding hydrogens is 939 g/mol. The zero-order valence-electron chi connectivity index (χ0n) is 41.4. The molecule has 2 aromatic rings. The lowest BCUT2D eigenvalue weighted by molar-refractivity contribution is -0.143. The van der Waals surface area contributed by atoms with E-state index in [1.54, 1.807) is 57.2 Å². The number of benzene rings is 2. The van der Waals surface area contributed by atoms with Crippen molar-refractivity contribution < 1.29 is 67.1 Å². The summed E-state index contributed by atoms with van der Waals surface area (Å²) < 4.78 is 32.2. The fourth-order valence-corrected chi connectivity index (χ4v) is 6.39. The molecule has 1 aliphatic rings. The Balaban J connectivity index is 1.18. The van der Waals surface area contributed by atoms with Gasteiger partial charge in [-0.25, -0.2) is 0 Å². The van der Waals surface area contributed by atoms with E-state index in [2.05, 4.69) is 31.6 Å². The molecule has 0 radical (unpaired) electrons. The highest BCUT2D eigenvalue weighted by molar-refractivity contribution is 6.10. The van der Waals surface area contributed by atoms with Crippen molar-refractivity contribution in [2.75, 3.05) is 79.5 Å². The van der Waals surface area contributed by atoms with Crippen molar-refractivity contribution in [3.8, 4) is 11.5 Å². The maximum absolute atomic E-state index is 12.6. The molecule has 23 heteroatoms. The number of carbonyl (C=O) groups is 7. The first-order valence-corrected chi connectivity index (χ1v) is 23.7. The van der Waals surface area contributed by atoms with Crippen LogP contribution in [0.3, 0.4) is 0 Å². The average molecular weight is 1010 g/mol. The highest BCUT2D eigenvalue weighted by Gasteiger charge is 2.27. The molecular formula is C49H69N9O14. The summed E-state index contributed by atoms with van der Waals surface area (Å²) in [7, 11) is 1.38. The molecule has 0 aromatic heterocycles. The van der Waals surface area contributed by atoms with Gasteiger partial charge in [0.2, 0.25) is 23.6 Å². The summed E-state index contributed by atoms with van der Waals surface area (Å²) in [6.07, 6.45) is 5.27. The van der Waals surface area contributed by atoms with Gasteiger partial charge in [0.15, 0.2) is 17.3 Å². The summed E-state index contributed by atoms with van der Waals surface area (Å²) in [6, 6.07) is 10.3. The van der Waals surface area contributed by atoms with Crippen LogP contribution in [0.25, 0.3) is 6.08 Å². The normalized spacial score (nSPS) is 13.1. The van der Waals surface area contributed by atoms with Crippen LogP contribution in [0.2, 0.25) is 0 Å². The molecule has 0 aliphatic carbocycles. The Bertz CT molecular complexity index is 2210. The van der Waals surface area contributed by atoms with E-state index in [0.29, 0.717) is 83.1 Å². The van der Waals surface area contributed by atoms with Crippen LogP contribution in [-0.2, 0) is 54.3 Å². The van der Waals surface area contributed by atoms with E-state index in [1.807, 2.05) is 0 Å². The topological polar surface area (TPSA) is 321 Å². The van der Waals surface area contributed by atoms with Gasteiger partial charge in [-0.05, 0) is 73.6 Å². The molecule has 0 saturated heterocycles. The summed E-state index contributed by atoms with van der Waals surface area (Å²) in [6.45, 7) is 8.67. The maximum atomic E-state index is 12.6. The third-order valence-corrected chi connectivity index (χ3v) is 10.2. The minimum atomic E-state index is -0.848. The minimum absolute atomic E-state index is 0.00755. The minimum Gasteiger partial charge on any atom is -0.493 e. The van der Waals surface area contributed by atoms with E-state index < -0.39 is 29.7 Å². The number of esters is 2. The van der Waals surface area contributed by atoms with Crippen molar-refractivity contribution in [2.45, 2.75) is 71.9 Å². The number of amides is 5. The smallest absolute Gasteiger partial charge is 0.311 e. The van der Waals surface area contributed by atoms with Crippen LogP contribution in [0.5, 0.6) is 11.5 Å². The maximum Gasteiger partial charge on any atom is 0.311 e. The number of amidine groups is 2. The van der Waals surface area contributed by atoms with Crippen molar-refractivity contribution in [1.82, 2.24) is 31.5 Å². The number of ether oxygens (including phenoxy) is 6. The van der Waals surface area contributed by atoms with E-state index in [4.69, 9.17) is 39.6 Å². The van der Waals surface area contributed by atoms with Gasteiger partial charge in [-0.3, -0.25) is 43.9 Å². The predicted molar refractivity (Wildman–Crippen MR) is 265 cm³/mol. The van der Waals surface area contributed by atoms with Crippen LogP contribution in [0, 0.1) is 11.3 Å². The molecule has 1 aliphatic heterocycles. The van der Waals surface area contributed by atoms with Gasteiger partial charge in [-0.2, -0.15) is 4.99 Å². The molecule has 1 atom stereocenters. The molecule has 394 valence electrons. The molecule has 0 fully saturated rings. The summed E-state index contributed by atoms with van der Waals surface area (Å²) >= 11 is 0. The van der Waals surface area contributed by atoms with Gasteiger partial charge in [0.1, 0.15) is 11.7 Å². The van der Waals surface area contributed by atoms with Gasteiger partial charge in [-0.15, -0.1) is 0 Å². The number of hydrogen-bond donors (Lipinski definition) is 8. The van der Waals surface area contributed by atoms with Crippen molar-refractivity contribution >= 4 is 59.4 Å². The molecule has 1 heterocycles. The number of nitrogens with zero attached hydrogens (tertiary/aromatic N) is 2. The van der Waals surface area contributed by atoms with Gasteiger partial charge in [0, 0.05) is 63.5 Å². The third-order valence-electron chi connectivity index (χ3n) is 10.2. The quantitative estimate of drug-likeness (QED) is 0.0215. The summed E-state index contributed by atoms with van der Waals surface area (Å²) in [5.74, 6) is -3.02. The Morgan fingerprint density at radius 2 is 1.43 bits per heavy atom. The fraction of sp³-hybridized carbons (Fsp3) is 0.490. The Morgan fingerprint density at radius 3 is 2.06 bits per heavy atom. The summed E-state index contributed by atoms with van der Waals surface area (Å²) in [4.78, 5) is 91.6. The molecule has 72 heavy (non-hydrogen) atoms. The van der Waals surface area contributed by atoms with Crippen LogP contribution in [0.1, 0.15) is 80.8 Å². The molecule has 23 nitrogen and oxygen atoms in total. The number of rotatable bonds is 34. The lowest BCUT2D eigenvalue weighted by atomic mass is 10.0. The molecule has 0 spiro atoms. The average Bonchev–Trinajstić information content (AvgIpc) is 3.64. The Hall–Kier alpha value is -7.37. The number of nitrogens with one attached hydrogen (secondary N) is 6. The number of hydrogen-bond acceptors (Lipinski definition) is 16. The molecule has 9 N–H and O–H groups in total. The monoisotopic (exact) mass is 1010 g/mol.